The average molecular weight is 348 g/mol. The van der Waals surface area contributed by atoms with Gasteiger partial charge in [0.2, 0.25) is 0 Å². The third-order valence-corrected chi connectivity index (χ3v) is 5.04. The van der Waals surface area contributed by atoms with Crippen molar-refractivity contribution in [3.05, 3.63) is 47.3 Å². The van der Waals surface area contributed by atoms with Gasteiger partial charge in [0.25, 0.3) is 10.0 Å². The van der Waals surface area contributed by atoms with Crippen LogP contribution in [-0.2, 0) is 15.4 Å². The van der Waals surface area contributed by atoms with Gasteiger partial charge in [-0.1, -0.05) is 26.8 Å². The van der Waals surface area contributed by atoms with Crippen LogP contribution in [0.15, 0.2) is 35.4 Å². The van der Waals surface area contributed by atoms with Crippen molar-refractivity contribution in [3.63, 3.8) is 0 Å². The Bertz CT molecular complexity index is 853. The number of benzene rings is 1. The summed E-state index contributed by atoms with van der Waals surface area (Å²) in [5, 5.41) is 0. The van der Waals surface area contributed by atoms with Crippen molar-refractivity contribution in [1.82, 2.24) is 4.98 Å². The highest BCUT2D eigenvalue weighted by molar-refractivity contribution is 7.92. The lowest BCUT2D eigenvalue weighted by atomic mass is 9.85. The van der Waals surface area contributed by atoms with Crippen LogP contribution in [0.5, 0.6) is 5.75 Å². The van der Waals surface area contributed by atoms with Crippen LogP contribution >= 0.6 is 0 Å². The molecule has 5 nitrogen and oxygen atoms in total. The number of ether oxygens (including phenoxy) is 1. The van der Waals surface area contributed by atoms with Crippen molar-refractivity contribution in [2.75, 3.05) is 11.8 Å². The number of nitrogens with zero attached hydrogens (tertiary/aromatic N) is 1. The number of aromatic nitrogens is 1. The first-order chi connectivity index (χ1) is 11.0. The smallest absolute Gasteiger partial charge is 0.265 e. The fraction of sp³-hybridized carbons (Fsp3) is 0.389. The van der Waals surface area contributed by atoms with Gasteiger partial charge in [0.05, 0.1) is 12.8 Å². The zero-order chi connectivity index (χ0) is 18.1. The molecule has 2 aromatic rings. The van der Waals surface area contributed by atoms with E-state index in [9.17, 15) is 8.42 Å². The SMILES string of the molecule is COc1c(C(C)(C)C)cc(C)cc1S(=O)(=O)Nc1ccnc(C)c1. The lowest BCUT2D eigenvalue weighted by Crippen LogP contribution is -2.19. The zero-order valence-electron chi connectivity index (χ0n) is 15.0. The Morgan fingerprint density at radius 3 is 2.33 bits per heavy atom. The number of methoxy groups -OCH3 is 1. The van der Waals surface area contributed by atoms with Crippen molar-refractivity contribution in [1.29, 1.82) is 0 Å². The Balaban J connectivity index is 2.60. The molecular weight excluding hydrogens is 324 g/mol. The highest BCUT2D eigenvalue weighted by Crippen LogP contribution is 2.37. The minimum Gasteiger partial charge on any atom is -0.495 e. The number of hydrogen-bond acceptors (Lipinski definition) is 4. The molecule has 0 fully saturated rings. The number of nitrogens with one attached hydrogen (secondary N) is 1. The molecule has 0 radical (unpaired) electrons. The van der Waals surface area contributed by atoms with Crippen LogP contribution in [0, 0.1) is 13.8 Å². The van der Waals surface area contributed by atoms with Gasteiger partial charge < -0.3 is 4.74 Å². The predicted octanol–water partition coefficient (Wildman–Crippen LogP) is 3.81. The summed E-state index contributed by atoms with van der Waals surface area (Å²) in [5.41, 5.74) is 2.70. The van der Waals surface area contributed by atoms with Crippen molar-refractivity contribution in [3.8, 4) is 5.75 Å². The first-order valence-electron chi connectivity index (χ1n) is 7.69. The monoisotopic (exact) mass is 348 g/mol. The Morgan fingerprint density at radius 2 is 1.79 bits per heavy atom. The summed E-state index contributed by atoms with van der Waals surface area (Å²) >= 11 is 0. The van der Waals surface area contributed by atoms with Crippen LogP contribution in [0.25, 0.3) is 0 Å². The number of pyridine rings is 1. The fourth-order valence-electron chi connectivity index (χ4n) is 2.53. The maximum absolute atomic E-state index is 12.9. The van der Waals surface area contributed by atoms with Gasteiger partial charge in [-0.15, -0.1) is 0 Å². The van der Waals surface area contributed by atoms with Gasteiger partial charge in [-0.3, -0.25) is 9.71 Å². The van der Waals surface area contributed by atoms with Gasteiger partial charge >= 0.3 is 0 Å². The van der Waals surface area contributed by atoms with E-state index in [-0.39, 0.29) is 10.3 Å². The molecule has 2 rings (SSSR count). The van der Waals surface area contributed by atoms with Crippen molar-refractivity contribution < 1.29 is 13.2 Å². The van der Waals surface area contributed by atoms with E-state index in [1.54, 1.807) is 24.4 Å². The van der Waals surface area contributed by atoms with Crippen LogP contribution in [0.1, 0.15) is 37.6 Å². The van der Waals surface area contributed by atoms with E-state index in [2.05, 4.69) is 9.71 Å². The normalized spacial score (nSPS) is 12.1. The van der Waals surface area contributed by atoms with E-state index in [1.807, 2.05) is 40.7 Å². The highest BCUT2D eigenvalue weighted by atomic mass is 32.2. The van der Waals surface area contributed by atoms with E-state index in [0.29, 0.717) is 11.4 Å². The third-order valence-electron chi connectivity index (χ3n) is 3.65. The number of aryl methyl sites for hydroxylation is 2. The first kappa shape index (κ1) is 18.3. The molecule has 6 heteroatoms. The molecular formula is C18H24N2O3S. The largest absolute Gasteiger partial charge is 0.495 e. The van der Waals surface area contributed by atoms with Crippen molar-refractivity contribution in [2.24, 2.45) is 0 Å². The average Bonchev–Trinajstić information content (AvgIpc) is 2.45. The second kappa shape index (κ2) is 6.43. The molecule has 0 bridgehead atoms. The van der Waals surface area contributed by atoms with Crippen LogP contribution in [0.4, 0.5) is 5.69 Å². The minimum atomic E-state index is -3.78. The van der Waals surface area contributed by atoms with Gasteiger partial charge in [-0.2, -0.15) is 0 Å². The van der Waals surface area contributed by atoms with Gasteiger partial charge in [-0.05, 0) is 43.0 Å². The second-order valence-electron chi connectivity index (χ2n) is 6.89. The summed E-state index contributed by atoms with van der Waals surface area (Å²) < 4.78 is 33.9. The molecule has 0 aliphatic rings. The lowest BCUT2D eigenvalue weighted by Gasteiger charge is -2.24. The van der Waals surface area contributed by atoms with E-state index < -0.39 is 10.0 Å². The van der Waals surface area contributed by atoms with Crippen LogP contribution in [0.2, 0.25) is 0 Å². The molecule has 0 aliphatic carbocycles. The zero-order valence-corrected chi connectivity index (χ0v) is 15.8. The molecule has 0 spiro atoms. The van der Waals surface area contributed by atoms with Crippen molar-refractivity contribution in [2.45, 2.75) is 44.9 Å². The van der Waals surface area contributed by atoms with Crippen molar-refractivity contribution >= 4 is 15.7 Å². The van der Waals surface area contributed by atoms with Gasteiger partial charge in [-0.25, -0.2) is 8.42 Å². The minimum absolute atomic E-state index is 0.143. The van der Waals surface area contributed by atoms with Crippen LogP contribution in [0.3, 0.4) is 0 Å². The summed E-state index contributed by atoms with van der Waals surface area (Å²) in [7, 11) is -2.29. The topological polar surface area (TPSA) is 68.3 Å². The summed E-state index contributed by atoms with van der Waals surface area (Å²) in [6.45, 7) is 9.77. The van der Waals surface area contributed by atoms with E-state index in [4.69, 9.17) is 4.74 Å². The van der Waals surface area contributed by atoms with Crippen LogP contribution in [-0.4, -0.2) is 20.5 Å². The molecule has 24 heavy (non-hydrogen) atoms. The second-order valence-corrected chi connectivity index (χ2v) is 8.54. The number of hydrogen-bond donors (Lipinski definition) is 1. The third kappa shape index (κ3) is 3.87. The molecule has 1 aromatic carbocycles. The number of anilines is 1. The maximum Gasteiger partial charge on any atom is 0.265 e. The number of sulfonamides is 1. The maximum atomic E-state index is 12.9. The Kier molecular flexibility index (Phi) is 4.90. The molecule has 0 atom stereocenters. The summed E-state index contributed by atoms with van der Waals surface area (Å²) in [6, 6.07) is 6.90. The van der Waals surface area contributed by atoms with E-state index in [0.717, 1.165) is 16.8 Å². The lowest BCUT2D eigenvalue weighted by molar-refractivity contribution is 0.385. The standard InChI is InChI=1S/C18H24N2O3S/c1-12-9-15(18(3,4)5)17(23-6)16(10-12)24(21,22)20-14-7-8-19-13(2)11-14/h7-11H,1-6H3,(H,19,20). The Morgan fingerprint density at radius 1 is 1.12 bits per heavy atom. The molecule has 0 amide bonds. The molecule has 1 heterocycles. The number of rotatable bonds is 4. The molecule has 130 valence electrons. The summed E-state index contributed by atoms with van der Waals surface area (Å²) in [6.07, 6.45) is 1.57. The molecule has 1 aromatic heterocycles. The van der Waals surface area contributed by atoms with E-state index in [1.165, 1.54) is 7.11 Å². The van der Waals surface area contributed by atoms with Crippen LogP contribution < -0.4 is 9.46 Å². The Labute approximate surface area is 144 Å². The van der Waals surface area contributed by atoms with Gasteiger partial charge in [0, 0.05) is 17.5 Å². The van der Waals surface area contributed by atoms with Gasteiger partial charge in [0.15, 0.2) is 0 Å². The molecule has 0 unspecified atom stereocenters. The van der Waals surface area contributed by atoms with Gasteiger partial charge in [0.1, 0.15) is 10.6 Å². The fourth-order valence-corrected chi connectivity index (χ4v) is 3.85. The van der Waals surface area contributed by atoms with E-state index >= 15 is 0 Å². The molecule has 0 saturated heterocycles. The summed E-state index contributed by atoms with van der Waals surface area (Å²) in [4.78, 5) is 4.22. The predicted molar refractivity (Wildman–Crippen MR) is 96.2 cm³/mol. The molecule has 1 N–H and O–H groups in total. The summed E-state index contributed by atoms with van der Waals surface area (Å²) in [5.74, 6) is 0.381. The Hall–Kier alpha value is -2.08. The highest BCUT2D eigenvalue weighted by Gasteiger charge is 2.27. The molecule has 0 saturated carbocycles. The quantitative estimate of drug-likeness (QED) is 0.912. The molecule has 0 aliphatic heterocycles. The first-order valence-corrected chi connectivity index (χ1v) is 9.17.